The molecule has 6 rings (SSSR count). The third-order valence-electron chi connectivity index (χ3n) is 8.21. The summed E-state index contributed by atoms with van der Waals surface area (Å²) in [5, 5.41) is 2.08. The summed E-state index contributed by atoms with van der Waals surface area (Å²) in [4.78, 5) is 14.3. The highest BCUT2D eigenvalue weighted by Gasteiger charge is 2.33. The number of aromatic nitrogens is 3. The average Bonchev–Trinajstić information content (AvgIpc) is 3.45. The molecule has 2 saturated heterocycles. The molecule has 1 atom stereocenters. The van der Waals surface area contributed by atoms with E-state index in [1.807, 2.05) is 12.3 Å². The predicted molar refractivity (Wildman–Crippen MR) is 151 cm³/mol. The Labute approximate surface area is 236 Å². The number of anilines is 1. The zero-order valence-electron chi connectivity index (χ0n) is 22.5. The van der Waals surface area contributed by atoms with Crippen molar-refractivity contribution in [3.63, 3.8) is 0 Å². The third-order valence-corrected chi connectivity index (χ3v) is 10.2. The summed E-state index contributed by atoms with van der Waals surface area (Å²) in [5.41, 5.74) is 2.03. The Kier molecular flexibility index (Phi) is 7.54. The number of fused-ring (bicyclic) bond motifs is 3. The van der Waals surface area contributed by atoms with E-state index >= 15 is 0 Å². The number of H-pyrrole nitrogens is 1. The van der Waals surface area contributed by atoms with Gasteiger partial charge in [-0.2, -0.15) is 13.2 Å². The van der Waals surface area contributed by atoms with Gasteiger partial charge in [-0.25, -0.2) is 22.7 Å². The molecule has 1 unspecified atom stereocenters. The van der Waals surface area contributed by atoms with Gasteiger partial charge >= 0.3 is 6.18 Å². The van der Waals surface area contributed by atoms with Gasteiger partial charge in [-0.05, 0) is 68.0 Å². The fraction of sp³-hybridized carbons (Fsp3) is 0.448. The second-order valence-electron chi connectivity index (χ2n) is 11.0. The molecule has 5 heterocycles. The van der Waals surface area contributed by atoms with Crippen molar-refractivity contribution in [3.8, 4) is 5.75 Å². The standard InChI is InChI=1S/C29H32F3N5O3S/c30-29(31,32)22-3-5-23(6-4-22)40-18-21-2-1-13-37(17-21)41(38,39)19-20-9-14-36(15-10-20)26-8-12-33-25-16-35-28-24(27(25)26)7-11-34-28/h3-8,11-12,16,20-21,33H,1-2,9-10,13-15,17-19H2. The van der Waals surface area contributed by atoms with E-state index in [-0.39, 0.29) is 24.2 Å². The molecule has 2 aliphatic heterocycles. The van der Waals surface area contributed by atoms with Crippen molar-refractivity contribution in [2.24, 2.45) is 11.8 Å². The highest BCUT2D eigenvalue weighted by Crippen LogP contribution is 2.34. The lowest BCUT2D eigenvalue weighted by Gasteiger charge is -2.36. The summed E-state index contributed by atoms with van der Waals surface area (Å²) in [6.07, 6.45) is 4.18. The number of halogens is 3. The zero-order chi connectivity index (χ0) is 28.6. The maximum absolute atomic E-state index is 13.4. The van der Waals surface area contributed by atoms with E-state index in [0.29, 0.717) is 24.5 Å². The number of sulfonamides is 1. The molecule has 0 amide bonds. The fourth-order valence-electron chi connectivity index (χ4n) is 6.02. The van der Waals surface area contributed by atoms with Crippen molar-refractivity contribution < 1.29 is 26.3 Å². The molecule has 0 spiro atoms. The van der Waals surface area contributed by atoms with Gasteiger partial charge in [0.25, 0.3) is 0 Å². The van der Waals surface area contributed by atoms with Crippen molar-refractivity contribution in [2.45, 2.75) is 31.9 Å². The lowest BCUT2D eigenvalue weighted by Crippen LogP contribution is -2.45. The number of nitrogens with zero attached hydrogens (tertiary/aromatic N) is 4. The Morgan fingerprint density at radius 1 is 0.976 bits per heavy atom. The Hall–Kier alpha value is -3.38. The van der Waals surface area contributed by atoms with Crippen LogP contribution in [0.4, 0.5) is 18.9 Å². The number of hydrogen-bond donors (Lipinski definition) is 1. The summed E-state index contributed by atoms with van der Waals surface area (Å²) in [6.45, 7) is 2.65. The van der Waals surface area contributed by atoms with Crippen LogP contribution in [0.15, 0.2) is 55.0 Å². The predicted octanol–water partition coefficient (Wildman–Crippen LogP) is 5.47. The lowest BCUT2D eigenvalue weighted by atomic mass is 9.98. The van der Waals surface area contributed by atoms with Crippen LogP contribution in [0, 0.1) is 11.8 Å². The van der Waals surface area contributed by atoms with Crippen molar-refractivity contribution >= 4 is 37.6 Å². The van der Waals surface area contributed by atoms with Gasteiger partial charge < -0.3 is 14.6 Å². The molecule has 4 aromatic rings. The van der Waals surface area contributed by atoms with E-state index in [1.165, 1.54) is 12.1 Å². The normalized spacial score (nSPS) is 19.7. The summed E-state index contributed by atoms with van der Waals surface area (Å²) < 4.78 is 72.5. The molecule has 2 aliphatic rings. The van der Waals surface area contributed by atoms with Gasteiger partial charge in [0.05, 0.1) is 29.6 Å². The Bertz CT molecular complexity index is 1620. The molecule has 0 radical (unpaired) electrons. The first-order valence-corrected chi connectivity index (χ1v) is 15.5. The summed E-state index contributed by atoms with van der Waals surface area (Å²) in [7, 11) is -3.45. The van der Waals surface area contributed by atoms with Gasteiger partial charge in [0.2, 0.25) is 10.0 Å². The highest BCUT2D eigenvalue weighted by molar-refractivity contribution is 7.89. The number of ether oxygens (including phenoxy) is 1. The van der Waals surface area contributed by atoms with Gasteiger partial charge in [0.1, 0.15) is 5.75 Å². The first-order chi connectivity index (χ1) is 19.7. The zero-order valence-corrected chi connectivity index (χ0v) is 23.3. The second kappa shape index (κ2) is 11.1. The molecule has 0 aliphatic carbocycles. The van der Waals surface area contributed by atoms with Crippen molar-refractivity contribution in [1.29, 1.82) is 0 Å². The minimum Gasteiger partial charge on any atom is -0.493 e. The molecular weight excluding hydrogens is 555 g/mol. The minimum atomic E-state index is -4.39. The summed E-state index contributed by atoms with van der Waals surface area (Å²) >= 11 is 0. The van der Waals surface area contributed by atoms with Crippen LogP contribution < -0.4 is 9.64 Å². The number of benzene rings is 1. The van der Waals surface area contributed by atoms with Crippen LogP contribution in [-0.4, -0.2) is 66.2 Å². The number of aromatic amines is 1. The molecule has 12 heteroatoms. The molecule has 2 fully saturated rings. The molecule has 1 N–H and O–H groups in total. The minimum absolute atomic E-state index is 0.0113. The Morgan fingerprint density at radius 2 is 1.76 bits per heavy atom. The SMILES string of the molecule is O=S(=O)(CC1CCN(c2cc[nH]c3cnc4nccc4c23)CC1)N1CCCC(COc2ccc(C(F)(F)F)cc2)C1. The molecule has 8 nitrogen and oxygen atoms in total. The number of nitrogens with one attached hydrogen (secondary N) is 1. The van der Waals surface area contributed by atoms with Gasteiger partial charge in [0.15, 0.2) is 5.65 Å². The van der Waals surface area contributed by atoms with Gasteiger partial charge in [-0.3, -0.25) is 0 Å². The smallest absolute Gasteiger partial charge is 0.416 e. The topological polar surface area (TPSA) is 91.4 Å². The van der Waals surface area contributed by atoms with Crippen molar-refractivity contribution in [1.82, 2.24) is 19.3 Å². The Balaban J connectivity index is 1.04. The average molecular weight is 588 g/mol. The first-order valence-electron chi connectivity index (χ1n) is 13.9. The van der Waals surface area contributed by atoms with Crippen LogP contribution in [0.2, 0.25) is 0 Å². The van der Waals surface area contributed by atoms with Crippen molar-refractivity contribution in [2.75, 3.05) is 43.4 Å². The van der Waals surface area contributed by atoms with E-state index in [1.54, 1.807) is 16.7 Å². The summed E-state index contributed by atoms with van der Waals surface area (Å²) in [5.74, 6) is 0.532. The van der Waals surface area contributed by atoms with Crippen LogP contribution in [0.25, 0.3) is 21.9 Å². The molecule has 3 aromatic heterocycles. The van der Waals surface area contributed by atoms with Crippen LogP contribution >= 0.6 is 0 Å². The van der Waals surface area contributed by atoms with Crippen LogP contribution in [0.3, 0.4) is 0 Å². The van der Waals surface area contributed by atoms with Gasteiger partial charge in [-0.15, -0.1) is 0 Å². The molecule has 218 valence electrons. The van der Waals surface area contributed by atoms with Crippen LogP contribution in [0.5, 0.6) is 5.75 Å². The van der Waals surface area contributed by atoms with Gasteiger partial charge in [0, 0.05) is 61.0 Å². The van der Waals surface area contributed by atoms with Gasteiger partial charge in [-0.1, -0.05) is 0 Å². The van der Waals surface area contributed by atoms with E-state index in [9.17, 15) is 21.6 Å². The first kappa shape index (κ1) is 27.8. The van der Waals surface area contributed by atoms with E-state index in [2.05, 4.69) is 25.9 Å². The number of hydrogen-bond acceptors (Lipinski definition) is 6. The highest BCUT2D eigenvalue weighted by atomic mass is 32.2. The third kappa shape index (κ3) is 5.99. The quantitative estimate of drug-likeness (QED) is 0.309. The maximum Gasteiger partial charge on any atom is 0.416 e. The molecule has 0 bridgehead atoms. The second-order valence-corrected chi connectivity index (χ2v) is 13.0. The lowest BCUT2D eigenvalue weighted by molar-refractivity contribution is -0.137. The van der Waals surface area contributed by atoms with Crippen molar-refractivity contribution in [3.05, 3.63) is 60.6 Å². The maximum atomic E-state index is 13.4. The molecular formula is C29H32F3N5O3S. The summed E-state index contributed by atoms with van der Waals surface area (Å²) in [6, 6.07) is 8.63. The molecule has 0 saturated carbocycles. The van der Waals surface area contributed by atoms with E-state index < -0.39 is 21.8 Å². The van der Waals surface area contributed by atoms with E-state index in [4.69, 9.17) is 4.74 Å². The molecule has 41 heavy (non-hydrogen) atoms. The fourth-order valence-corrected chi connectivity index (χ4v) is 8.00. The number of pyridine rings is 2. The number of alkyl halides is 3. The largest absolute Gasteiger partial charge is 0.493 e. The van der Waals surface area contributed by atoms with E-state index in [0.717, 1.165) is 72.9 Å². The number of rotatable bonds is 7. The Morgan fingerprint density at radius 3 is 2.51 bits per heavy atom. The number of piperidine rings is 2. The van der Waals surface area contributed by atoms with Crippen LogP contribution in [-0.2, 0) is 16.2 Å². The molecule has 1 aromatic carbocycles. The monoisotopic (exact) mass is 587 g/mol. The van der Waals surface area contributed by atoms with Crippen LogP contribution in [0.1, 0.15) is 31.2 Å².